The van der Waals surface area contributed by atoms with Gasteiger partial charge in [0.25, 0.3) is 0 Å². The molecule has 2 aliphatic heterocycles. The van der Waals surface area contributed by atoms with Gasteiger partial charge in [-0.25, -0.2) is 9.97 Å². The Hall–Kier alpha value is -2.52. The fraction of sp³-hybridized carbons (Fsp3) is 0.529. The predicted octanol–water partition coefficient (Wildman–Crippen LogP) is 0.263. The first-order valence-electron chi connectivity index (χ1n) is 8.86. The second-order valence-electron chi connectivity index (χ2n) is 6.65. The van der Waals surface area contributed by atoms with E-state index in [1.165, 1.54) is 0 Å². The van der Waals surface area contributed by atoms with Gasteiger partial charge in [-0.05, 0) is 7.05 Å². The molecule has 0 bridgehead atoms. The Bertz CT molecular complexity index is 785. The van der Waals surface area contributed by atoms with Gasteiger partial charge < -0.3 is 19.9 Å². The second kappa shape index (κ2) is 7.38. The van der Waals surface area contributed by atoms with Crippen molar-refractivity contribution in [1.82, 2.24) is 29.5 Å². The number of aromatic nitrogens is 4. The molecule has 2 aromatic rings. The zero-order valence-electron chi connectivity index (χ0n) is 14.9. The number of likely N-dealkylation sites (N-methyl/N-ethyl adjacent to an activating group) is 1. The summed E-state index contributed by atoms with van der Waals surface area (Å²) in [7, 11) is 2.09. The molecule has 4 heterocycles. The number of rotatable bonds is 4. The van der Waals surface area contributed by atoms with Gasteiger partial charge in [-0.1, -0.05) is 0 Å². The van der Waals surface area contributed by atoms with Crippen LogP contribution in [0.3, 0.4) is 0 Å². The van der Waals surface area contributed by atoms with Crippen LogP contribution in [0.5, 0.6) is 0 Å². The largest absolute Gasteiger partial charge is 0.378 e. The van der Waals surface area contributed by atoms with Crippen LogP contribution in [0.2, 0.25) is 0 Å². The van der Waals surface area contributed by atoms with Gasteiger partial charge in [0.1, 0.15) is 18.7 Å². The van der Waals surface area contributed by atoms with E-state index in [0.717, 1.165) is 36.6 Å². The summed E-state index contributed by atoms with van der Waals surface area (Å²) in [5.41, 5.74) is 2.20. The smallest absolute Gasteiger partial charge is 0.244 e. The molecule has 26 heavy (non-hydrogen) atoms. The van der Waals surface area contributed by atoms with Crippen LogP contribution in [0.25, 0.3) is 0 Å². The van der Waals surface area contributed by atoms with Crippen LogP contribution in [-0.2, 0) is 29.0 Å². The molecule has 0 aromatic carbocycles. The minimum absolute atomic E-state index is 0.0593. The Morgan fingerprint density at radius 2 is 2.12 bits per heavy atom. The van der Waals surface area contributed by atoms with Crippen molar-refractivity contribution in [3.05, 3.63) is 29.8 Å². The van der Waals surface area contributed by atoms with Gasteiger partial charge in [-0.3, -0.25) is 9.48 Å². The highest BCUT2D eigenvalue weighted by Crippen LogP contribution is 2.24. The predicted molar refractivity (Wildman–Crippen MR) is 95.0 cm³/mol. The number of morpholine rings is 1. The van der Waals surface area contributed by atoms with E-state index in [4.69, 9.17) is 4.74 Å². The van der Waals surface area contributed by atoms with Crippen LogP contribution in [0.4, 0.5) is 11.6 Å². The Morgan fingerprint density at radius 1 is 1.27 bits per heavy atom. The molecule has 4 rings (SSSR count). The summed E-state index contributed by atoms with van der Waals surface area (Å²) in [5.74, 6) is 1.52. The molecule has 1 N–H and O–H groups in total. The van der Waals surface area contributed by atoms with Crippen LogP contribution in [0, 0.1) is 0 Å². The number of ether oxygens (including phenoxy) is 1. The van der Waals surface area contributed by atoms with Gasteiger partial charge >= 0.3 is 0 Å². The highest BCUT2D eigenvalue weighted by molar-refractivity contribution is 5.76. The normalized spacial score (nSPS) is 17.8. The molecule has 0 unspecified atom stereocenters. The molecule has 1 fully saturated rings. The van der Waals surface area contributed by atoms with E-state index < -0.39 is 0 Å². The maximum atomic E-state index is 12.3. The van der Waals surface area contributed by atoms with Crippen LogP contribution < -0.4 is 5.32 Å². The maximum Gasteiger partial charge on any atom is 0.244 e. The molecule has 0 saturated carbocycles. The number of amides is 1. The van der Waals surface area contributed by atoms with Crippen molar-refractivity contribution in [1.29, 1.82) is 0 Å². The SMILES string of the molecule is CN1CCc2ncnc(Nc3ccn(CC(=O)N4CCOCC4)n3)c2C1. The lowest BCUT2D eigenvalue weighted by Crippen LogP contribution is -2.42. The highest BCUT2D eigenvalue weighted by atomic mass is 16.5. The molecule has 2 aromatic heterocycles. The van der Waals surface area contributed by atoms with Crippen LogP contribution >= 0.6 is 0 Å². The molecule has 0 aliphatic carbocycles. The third kappa shape index (κ3) is 3.68. The lowest BCUT2D eigenvalue weighted by atomic mass is 10.1. The summed E-state index contributed by atoms with van der Waals surface area (Å²) in [6.45, 7) is 4.54. The molecule has 1 saturated heterocycles. The molecular weight excluding hydrogens is 334 g/mol. The Labute approximate surface area is 152 Å². The molecule has 0 radical (unpaired) electrons. The minimum atomic E-state index is 0.0593. The van der Waals surface area contributed by atoms with Gasteiger partial charge in [0.15, 0.2) is 5.82 Å². The highest BCUT2D eigenvalue weighted by Gasteiger charge is 2.20. The fourth-order valence-corrected chi connectivity index (χ4v) is 3.27. The van der Waals surface area contributed by atoms with E-state index in [9.17, 15) is 4.79 Å². The number of carbonyl (C=O) groups excluding carboxylic acids is 1. The zero-order chi connectivity index (χ0) is 17.9. The minimum Gasteiger partial charge on any atom is -0.378 e. The average Bonchev–Trinajstić information content (AvgIpc) is 3.10. The number of nitrogens with one attached hydrogen (secondary N) is 1. The molecule has 0 atom stereocenters. The number of hydrogen-bond acceptors (Lipinski definition) is 7. The lowest BCUT2D eigenvalue weighted by molar-refractivity contribution is -0.136. The quantitative estimate of drug-likeness (QED) is 0.840. The molecule has 138 valence electrons. The van der Waals surface area contributed by atoms with E-state index in [0.29, 0.717) is 32.1 Å². The fourth-order valence-electron chi connectivity index (χ4n) is 3.27. The number of carbonyl (C=O) groups is 1. The summed E-state index contributed by atoms with van der Waals surface area (Å²) >= 11 is 0. The average molecular weight is 357 g/mol. The van der Waals surface area contributed by atoms with Crippen molar-refractivity contribution in [2.45, 2.75) is 19.5 Å². The van der Waals surface area contributed by atoms with E-state index in [1.54, 1.807) is 17.2 Å². The molecule has 0 spiro atoms. The molecular formula is C17H23N7O2. The van der Waals surface area contributed by atoms with Crippen molar-refractivity contribution in [2.75, 3.05) is 45.2 Å². The van der Waals surface area contributed by atoms with Crippen molar-refractivity contribution < 1.29 is 9.53 Å². The standard InChI is InChI=1S/C17H23N7O2/c1-22-4-2-14-13(10-22)17(19-12-18-14)20-15-3-5-24(21-15)11-16(25)23-6-8-26-9-7-23/h3,5,12H,2,4,6-11H2,1H3,(H,18,19,20,21). The van der Waals surface area contributed by atoms with E-state index in [1.807, 2.05) is 11.0 Å². The number of hydrogen-bond donors (Lipinski definition) is 1. The zero-order valence-corrected chi connectivity index (χ0v) is 14.9. The summed E-state index contributed by atoms with van der Waals surface area (Å²) in [4.78, 5) is 25.2. The van der Waals surface area contributed by atoms with Crippen LogP contribution in [-0.4, -0.2) is 75.4 Å². The first-order chi connectivity index (χ1) is 12.7. The second-order valence-corrected chi connectivity index (χ2v) is 6.65. The first kappa shape index (κ1) is 16.9. The van der Waals surface area contributed by atoms with Crippen molar-refractivity contribution in [2.24, 2.45) is 0 Å². The summed E-state index contributed by atoms with van der Waals surface area (Å²) in [6.07, 6.45) is 4.32. The van der Waals surface area contributed by atoms with Gasteiger partial charge in [0.05, 0.1) is 18.9 Å². The number of anilines is 2. The van der Waals surface area contributed by atoms with Gasteiger partial charge in [0.2, 0.25) is 5.91 Å². The van der Waals surface area contributed by atoms with Crippen molar-refractivity contribution >= 4 is 17.5 Å². The topological polar surface area (TPSA) is 88.4 Å². The first-order valence-corrected chi connectivity index (χ1v) is 8.86. The van der Waals surface area contributed by atoms with Gasteiger partial charge in [0, 0.05) is 50.4 Å². The lowest BCUT2D eigenvalue weighted by Gasteiger charge is -2.26. The van der Waals surface area contributed by atoms with Gasteiger partial charge in [-0.15, -0.1) is 0 Å². The van der Waals surface area contributed by atoms with E-state index in [-0.39, 0.29) is 12.5 Å². The Balaban J connectivity index is 1.43. The molecule has 9 nitrogen and oxygen atoms in total. The Morgan fingerprint density at radius 3 is 2.96 bits per heavy atom. The molecule has 2 aliphatic rings. The van der Waals surface area contributed by atoms with E-state index >= 15 is 0 Å². The number of nitrogens with zero attached hydrogens (tertiary/aromatic N) is 6. The summed E-state index contributed by atoms with van der Waals surface area (Å²) in [6, 6.07) is 1.85. The van der Waals surface area contributed by atoms with Crippen LogP contribution in [0.1, 0.15) is 11.3 Å². The third-order valence-electron chi connectivity index (χ3n) is 4.74. The molecule has 9 heteroatoms. The van der Waals surface area contributed by atoms with Crippen molar-refractivity contribution in [3.8, 4) is 0 Å². The van der Waals surface area contributed by atoms with Gasteiger partial charge in [-0.2, -0.15) is 5.10 Å². The Kier molecular flexibility index (Phi) is 4.81. The summed E-state index contributed by atoms with van der Waals surface area (Å²) in [5, 5.41) is 7.73. The maximum absolute atomic E-state index is 12.3. The monoisotopic (exact) mass is 357 g/mol. The number of fused-ring (bicyclic) bond motifs is 1. The van der Waals surface area contributed by atoms with Crippen molar-refractivity contribution in [3.63, 3.8) is 0 Å². The third-order valence-corrected chi connectivity index (χ3v) is 4.74. The molecule has 1 amide bonds. The summed E-state index contributed by atoms with van der Waals surface area (Å²) < 4.78 is 6.93. The van der Waals surface area contributed by atoms with E-state index in [2.05, 4.69) is 32.3 Å². The van der Waals surface area contributed by atoms with Crippen LogP contribution in [0.15, 0.2) is 18.6 Å².